The lowest BCUT2D eigenvalue weighted by Gasteiger charge is -2.32. The molecule has 2 aliphatic rings. The van der Waals surface area contributed by atoms with E-state index in [2.05, 4.69) is 41.4 Å². The van der Waals surface area contributed by atoms with Crippen molar-refractivity contribution < 1.29 is 4.74 Å². The number of benzene rings is 1. The molecule has 21 heavy (non-hydrogen) atoms. The number of ether oxygens (including phenoxy) is 1. The van der Waals surface area contributed by atoms with E-state index in [1.165, 1.54) is 31.2 Å². The standard InChI is InChI=1S/C17H26N2O.ClH/c1-14-12-19(11-10-18-14)13-15-6-2-5-9-17(15)20-16-7-3-4-8-16;/h2,5-6,9,14,16,18H,3-4,7-8,10-13H2,1H3;1H/t14-;/m0./s1. The minimum atomic E-state index is 0. The van der Waals surface area contributed by atoms with Crippen molar-refractivity contribution in [1.82, 2.24) is 10.2 Å². The highest BCUT2D eigenvalue weighted by Gasteiger charge is 2.20. The average molecular weight is 311 g/mol. The summed E-state index contributed by atoms with van der Waals surface area (Å²) in [5, 5.41) is 3.50. The molecule has 1 N–H and O–H groups in total. The van der Waals surface area contributed by atoms with E-state index in [0.29, 0.717) is 12.1 Å². The molecule has 3 nitrogen and oxygen atoms in total. The first kappa shape index (κ1) is 16.6. The van der Waals surface area contributed by atoms with Gasteiger partial charge in [-0.05, 0) is 38.7 Å². The summed E-state index contributed by atoms with van der Waals surface area (Å²) in [7, 11) is 0. The lowest BCUT2D eigenvalue weighted by atomic mass is 10.1. The Bertz CT molecular complexity index is 435. The SMILES string of the molecule is C[C@H]1CN(Cc2ccccc2OC2CCCC2)CCN1.Cl. The van der Waals surface area contributed by atoms with Gasteiger partial charge in [-0.3, -0.25) is 4.90 Å². The normalized spacial score (nSPS) is 23.8. The van der Waals surface area contributed by atoms with E-state index < -0.39 is 0 Å². The van der Waals surface area contributed by atoms with Gasteiger partial charge in [-0.1, -0.05) is 18.2 Å². The molecule has 1 aromatic carbocycles. The third-order valence-corrected chi connectivity index (χ3v) is 4.42. The van der Waals surface area contributed by atoms with Gasteiger partial charge < -0.3 is 10.1 Å². The molecule has 118 valence electrons. The van der Waals surface area contributed by atoms with E-state index in [1.807, 2.05) is 0 Å². The monoisotopic (exact) mass is 310 g/mol. The van der Waals surface area contributed by atoms with Crippen LogP contribution in [0.4, 0.5) is 0 Å². The highest BCUT2D eigenvalue weighted by molar-refractivity contribution is 5.85. The van der Waals surface area contributed by atoms with Gasteiger partial charge in [0, 0.05) is 37.8 Å². The molecule has 0 aromatic heterocycles. The van der Waals surface area contributed by atoms with Crippen LogP contribution in [0, 0.1) is 0 Å². The Morgan fingerprint density at radius 1 is 1.24 bits per heavy atom. The Kier molecular flexibility index (Phi) is 6.34. The van der Waals surface area contributed by atoms with Gasteiger partial charge in [0.2, 0.25) is 0 Å². The van der Waals surface area contributed by atoms with Gasteiger partial charge in [-0.15, -0.1) is 12.4 Å². The van der Waals surface area contributed by atoms with Gasteiger partial charge in [-0.25, -0.2) is 0 Å². The maximum Gasteiger partial charge on any atom is 0.124 e. The second-order valence-electron chi connectivity index (χ2n) is 6.22. The molecule has 1 heterocycles. The van der Waals surface area contributed by atoms with Crippen molar-refractivity contribution >= 4 is 12.4 Å². The van der Waals surface area contributed by atoms with Crippen LogP contribution >= 0.6 is 12.4 Å². The average Bonchev–Trinajstić information content (AvgIpc) is 2.94. The molecule has 3 rings (SSSR count). The number of halogens is 1. The molecule has 0 spiro atoms. The van der Waals surface area contributed by atoms with Crippen LogP contribution in [0.3, 0.4) is 0 Å². The lowest BCUT2D eigenvalue weighted by Crippen LogP contribution is -2.48. The van der Waals surface area contributed by atoms with E-state index in [0.717, 1.165) is 31.9 Å². The molecule has 1 aliphatic heterocycles. The van der Waals surface area contributed by atoms with Crippen molar-refractivity contribution in [3.05, 3.63) is 29.8 Å². The summed E-state index contributed by atoms with van der Waals surface area (Å²) in [4.78, 5) is 2.53. The summed E-state index contributed by atoms with van der Waals surface area (Å²) in [6.45, 7) is 6.61. The zero-order valence-electron chi connectivity index (χ0n) is 12.9. The van der Waals surface area contributed by atoms with Crippen LogP contribution in [0.5, 0.6) is 5.75 Å². The predicted molar refractivity (Wildman–Crippen MR) is 89.3 cm³/mol. The highest BCUT2D eigenvalue weighted by Crippen LogP contribution is 2.27. The fourth-order valence-corrected chi connectivity index (χ4v) is 3.33. The van der Waals surface area contributed by atoms with E-state index in [9.17, 15) is 0 Å². The van der Waals surface area contributed by atoms with Crippen molar-refractivity contribution in [2.24, 2.45) is 0 Å². The Balaban J connectivity index is 0.00000161. The molecule has 1 aliphatic carbocycles. The van der Waals surface area contributed by atoms with E-state index in [1.54, 1.807) is 0 Å². The van der Waals surface area contributed by atoms with Crippen molar-refractivity contribution in [2.45, 2.75) is 51.3 Å². The number of nitrogens with one attached hydrogen (secondary N) is 1. The Morgan fingerprint density at radius 3 is 2.76 bits per heavy atom. The van der Waals surface area contributed by atoms with Crippen LogP contribution in [0.15, 0.2) is 24.3 Å². The summed E-state index contributed by atoms with van der Waals surface area (Å²) in [6, 6.07) is 9.17. The Labute approximate surface area is 134 Å². The molecular weight excluding hydrogens is 284 g/mol. The summed E-state index contributed by atoms with van der Waals surface area (Å²) < 4.78 is 6.23. The Morgan fingerprint density at radius 2 is 2.00 bits per heavy atom. The first-order chi connectivity index (χ1) is 9.81. The molecular formula is C17H27ClN2O. The molecule has 0 amide bonds. The van der Waals surface area contributed by atoms with Gasteiger partial charge in [0.25, 0.3) is 0 Å². The number of nitrogens with zero attached hydrogens (tertiary/aromatic N) is 1. The van der Waals surface area contributed by atoms with E-state index >= 15 is 0 Å². The minimum Gasteiger partial charge on any atom is -0.490 e. The third kappa shape index (κ3) is 4.60. The topological polar surface area (TPSA) is 24.5 Å². The van der Waals surface area contributed by atoms with Gasteiger partial charge in [0.1, 0.15) is 5.75 Å². The first-order valence-corrected chi connectivity index (χ1v) is 8.01. The molecule has 4 heteroatoms. The van der Waals surface area contributed by atoms with Gasteiger partial charge in [0.05, 0.1) is 6.10 Å². The summed E-state index contributed by atoms with van der Waals surface area (Å²) in [5.74, 6) is 1.10. The van der Waals surface area contributed by atoms with Crippen molar-refractivity contribution in [3.63, 3.8) is 0 Å². The quantitative estimate of drug-likeness (QED) is 0.924. The van der Waals surface area contributed by atoms with Gasteiger partial charge in [0.15, 0.2) is 0 Å². The molecule has 0 bridgehead atoms. The van der Waals surface area contributed by atoms with Crippen LogP contribution in [0.2, 0.25) is 0 Å². The summed E-state index contributed by atoms with van der Waals surface area (Å²) in [6.07, 6.45) is 5.53. The van der Waals surface area contributed by atoms with Crippen LogP contribution in [-0.2, 0) is 6.54 Å². The van der Waals surface area contributed by atoms with Crippen LogP contribution < -0.4 is 10.1 Å². The zero-order valence-corrected chi connectivity index (χ0v) is 13.7. The van der Waals surface area contributed by atoms with Crippen molar-refractivity contribution in [2.75, 3.05) is 19.6 Å². The van der Waals surface area contributed by atoms with Crippen LogP contribution in [0.1, 0.15) is 38.2 Å². The molecule has 2 fully saturated rings. The maximum absolute atomic E-state index is 6.23. The summed E-state index contributed by atoms with van der Waals surface area (Å²) >= 11 is 0. The zero-order chi connectivity index (χ0) is 13.8. The third-order valence-electron chi connectivity index (χ3n) is 4.42. The van der Waals surface area contributed by atoms with Crippen LogP contribution in [-0.4, -0.2) is 36.7 Å². The van der Waals surface area contributed by atoms with Crippen molar-refractivity contribution in [1.29, 1.82) is 0 Å². The smallest absolute Gasteiger partial charge is 0.124 e. The molecule has 1 saturated carbocycles. The second kappa shape index (κ2) is 8.02. The molecule has 0 unspecified atom stereocenters. The number of rotatable bonds is 4. The summed E-state index contributed by atoms with van der Waals surface area (Å²) in [5.41, 5.74) is 1.34. The molecule has 1 atom stereocenters. The van der Waals surface area contributed by atoms with Gasteiger partial charge >= 0.3 is 0 Å². The number of hydrogen-bond donors (Lipinski definition) is 1. The maximum atomic E-state index is 6.23. The van der Waals surface area contributed by atoms with Crippen LogP contribution in [0.25, 0.3) is 0 Å². The number of hydrogen-bond acceptors (Lipinski definition) is 3. The minimum absolute atomic E-state index is 0. The fourth-order valence-electron chi connectivity index (χ4n) is 3.33. The number of para-hydroxylation sites is 1. The van der Waals surface area contributed by atoms with E-state index in [-0.39, 0.29) is 12.4 Å². The predicted octanol–water partition coefficient (Wildman–Crippen LogP) is 3.22. The van der Waals surface area contributed by atoms with E-state index in [4.69, 9.17) is 4.74 Å². The van der Waals surface area contributed by atoms with Gasteiger partial charge in [-0.2, -0.15) is 0 Å². The number of piperazine rings is 1. The lowest BCUT2D eigenvalue weighted by molar-refractivity contribution is 0.184. The molecule has 1 aromatic rings. The highest BCUT2D eigenvalue weighted by atomic mass is 35.5. The molecule has 1 saturated heterocycles. The second-order valence-corrected chi connectivity index (χ2v) is 6.22. The Hall–Kier alpha value is -0.770. The molecule has 0 radical (unpaired) electrons. The van der Waals surface area contributed by atoms with Crippen molar-refractivity contribution in [3.8, 4) is 5.75 Å². The first-order valence-electron chi connectivity index (χ1n) is 8.01. The largest absolute Gasteiger partial charge is 0.490 e. The fraction of sp³-hybridized carbons (Fsp3) is 0.647.